The van der Waals surface area contributed by atoms with Gasteiger partial charge in [-0.2, -0.15) is 0 Å². The number of nitrogens with one attached hydrogen (secondary N) is 1. The Labute approximate surface area is 113 Å². The van der Waals surface area contributed by atoms with E-state index in [1.165, 1.54) is 0 Å². The van der Waals surface area contributed by atoms with Gasteiger partial charge >= 0.3 is 7.75 Å². The van der Waals surface area contributed by atoms with E-state index < -0.39 is 7.75 Å². The van der Waals surface area contributed by atoms with Gasteiger partial charge in [-0.05, 0) is 30.0 Å². The van der Waals surface area contributed by atoms with Gasteiger partial charge in [0.25, 0.3) is 0 Å². The molecule has 0 aliphatic heterocycles. The van der Waals surface area contributed by atoms with Crippen molar-refractivity contribution < 1.29 is 14.0 Å². The maximum atomic E-state index is 11.6. The highest BCUT2D eigenvalue weighted by molar-refractivity contribution is 7.54. The van der Waals surface area contributed by atoms with Crippen molar-refractivity contribution in [3.8, 4) is 0 Å². The molecule has 0 aliphatic carbocycles. The van der Waals surface area contributed by atoms with E-state index in [0.717, 1.165) is 5.56 Å². The predicted molar refractivity (Wildman–Crippen MR) is 75.2 cm³/mol. The largest absolute Gasteiger partial charge is 0.430 e. The molecule has 1 aromatic rings. The third-order valence-corrected chi connectivity index (χ3v) is 3.85. The molecule has 102 valence electrons. The molecule has 0 heterocycles. The Morgan fingerprint density at radius 1 is 1.44 bits per heavy atom. The first kappa shape index (κ1) is 15.5. The molecule has 1 unspecified atom stereocenters. The summed E-state index contributed by atoms with van der Waals surface area (Å²) in [4.78, 5) is 9.49. The second-order valence-corrected chi connectivity index (χ2v) is 6.92. The number of rotatable bonds is 4. The van der Waals surface area contributed by atoms with Crippen LogP contribution in [0, 0.1) is 0 Å². The van der Waals surface area contributed by atoms with Crippen LogP contribution in [0.15, 0.2) is 18.2 Å². The molecule has 0 saturated heterocycles. The van der Waals surface area contributed by atoms with Crippen molar-refractivity contribution >= 4 is 25.0 Å². The first-order chi connectivity index (χ1) is 8.15. The van der Waals surface area contributed by atoms with Gasteiger partial charge in [0.1, 0.15) is 0 Å². The summed E-state index contributed by atoms with van der Waals surface area (Å²) in [6, 6.07) is 5.35. The molecule has 0 amide bonds. The van der Waals surface area contributed by atoms with Crippen molar-refractivity contribution in [2.45, 2.75) is 33.1 Å². The van der Waals surface area contributed by atoms with E-state index in [1.54, 1.807) is 19.1 Å². The summed E-state index contributed by atoms with van der Waals surface area (Å²) in [7, 11) is -3.83. The SMILES string of the molecule is CCOP(=O)(O)Nc1ccc(C(C)(C)C)cc1Cl. The quantitative estimate of drug-likeness (QED) is 0.817. The summed E-state index contributed by atoms with van der Waals surface area (Å²) in [5.41, 5.74) is 1.43. The Balaban J connectivity index is 2.97. The summed E-state index contributed by atoms with van der Waals surface area (Å²) in [5.74, 6) is 0. The maximum Gasteiger partial charge on any atom is 0.430 e. The number of benzene rings is 1. The lowest BCUT2D eigenvalue weighted by Crippen LogP contribution is -2.11. The van der Waals surface area contributed by atoms with Crippen LogP contribution in [0.3, 0.4) is 0 Å². The van der Waals surface area contributed by atoms with Crippen LogP contribution in [0.5, 0.6) is 0 Å². The third-order valence-electron chi connectivity index (χ3n) is 2.40. The average molecular weight is 292 g/mol. The number of anilines is 1. The maximum absolute atomic E-state index is 11.6. The summed E-state index contributed by atoms with van der Waals surface area (Å²) in [5, 5.41) is 2.82. The minimum Gasteiger partial charge on any atom is -0.308 e. The molecule has 18 heavy (non-hydrogen) atoms. The fourth-order valence-corrected chi connectivity index (χ4v) is 2.64. The van der Waals surface area contributed by atoms with Crippen molar-refractivity contribution in [2.75, 3.05) is 11.7 Å². The van der Waals surface area contributed by atoms with Gasteiger partial charge < -0.3 is 4.89 Å². The molecule has 0 fully saturated rings. The molecular weight excluding hydrogens is 273 g/mol. The van der Waals surface area contributed by atoms with Gasteiger partial charge in [-0.15, -0.1) is 0 Å². The van der Waals surface area contributed by atoms with Crippen LogP contribution in [0.2, 0.25) is 5.02 Å². The van der Waals surface area contributed by atoms with E-state index in [0.29, 0.717) is 10.7 Å². The van der Waals surface area contributed by atoms with Gasteiger partial charge in [-0.25, -0.2) is 4.57 Å². The van der Waals surface area contributed by atoms with E-state index in [4.69, 9.17) is 16.1 Å². The summed E-state index contributed by atoms with van der Waals surface area (Å²) in [6.07, 6.45) is 0. The van der Waals surface area contributed by atoms with Crippen molar-refractivity contribution in [2.24, 2.45) is 0 Å². The average Bonchev–Trinajstić information content (AvgIpc) is 2.19. The number of hydrogen-bond donors (Lipinski definition) is 2. The van der Waals surface area contributed by atoms with Crippen LogP contribution in [0.25, 0.3) is 0 Å². The lowest BCUT2D eigenvalue weighted by molar-refractivity contribution is 0.279. The van der Waals surface area contributed by atoms with Crippen molar-refractivity contribution in [3.05, 3.63) is 28.8 Å². The van der Waals surface area contributed by atoms with E-state index in [9.17, 15) is 9.46 Å². The molecule has 0 bridgehead atoms. The Bertz CT molecular complexity index is 471. The first-order valence-corrected chi connectivity index (χ1v) is 7.67. The van der Waals surface area contributed by atoms with Gasteiger partial charge in [0.15, 0.2) is 0 Å². The smallest absolute Gasteiger partial charge is 0.308 e. The van der Waals surface area contributed by atoms with Crippen LogP contribution >= 0.6 is 19.3 Å². The molecule has 0 saturated carbocycles. The van der Waals surface area contributed by atoms with E-state index in [2.05, 4.69) is 25.9 Å². The van der Waals surface area contributed by atoms with Gasteiger partial charge in [-0.1, -0.05) is 38.4 Å². The topological polar surface area (TPSA) is 58.6 Å². The fraction of sp³-hybridized carbons (Fsp3) is 0.500. The van der Waals surface area contributed by atoms with E-state index in [1.807, 2.05) is 6.07 Å². The lowest BCUT2D eigenvalue weighted by Gasteiger charge is -2.21. The molecule has 1 rings (SSSR count). The standard InChI is InChI=1S/C12H19ClNO3P/c1-5-17-18(15,16)14-11-7-6-9(8-10(11)13)12(2,3)4/h6-8H,5H2,1-4H3,(H2,14,15,16). The van der Waals surface area contributed by atoms with Gasteiger partial charge in [0.2, 0.25) is 0 Å². The minimum absolute atomic E-state index is 0.0228. The Morgan fingerprint density at radius 3 is 2.50 bits per heavy atom. The van der Waals surface area contributed by atoms with Crippen molar-refractivity contribution in [3.63, 3.8) is 0 Å². The van der Waals surface area contributed by atoms with E-state index >= 15 is 0 Å². The highest BCUT2D eigenvalue weighted by Gasteiger charge is 2.21. The number of halogens is 1. The molecule has 0 spiro atoms. The molecular formula is C12H19ClNO3P. The molecule has 6 heteroatoms. The summed E-state index contributed by atoms with van der Waals surface area (Å²) < 4.78 is 16.3. The van der Waals surface area contributed by atoms with Gasteiger partial charge in [-0.3, -0.25) is 9.61 Å². The predicted octanol–water partition coefficient (Wildman–Crippen LogP) is 4.19. The molecule has 0 aliphatic rings. The van der Waals surface area contributed by atoms with Crippen LogP contribution in [0.4, 0.5) is 5.69 Å². The molecule has 1 atom stereocenters. The highest BCUT2D eigenvalue weighted by atomic mass is 35.5. The van der Waals surface area contributed by atoms with Crippen LogP contribution in [-0.4, -0.2) is 11.5 Å². The molecule has 2 N–H and O–H groups in total. The summed E-state index contributed by atoms with van der Waals surface area (Å²) in [6.45, 7) is 8.02. The molecule has 0 aromatic heterocycles. The molecule has 1 aromatic carbocycles. The zero-order valence-corrected chi connectivity index (χ0v) is 12.7. The number of hydrogen-bond acceptors (Lipinski definition) is 2. The van der Waals surface area contributed by atoms with Crippen LogP contribution in [-0.2, 0) is 14.5 Å². The second-order valence-electron chi connectivity index (χ2n) is 4.99. The Kier molecular flexibility index (Phi) is 4.84. The monoisotopic (exact) mass is 291 g/mol. The zero-order chi connectivity index (χ0) is 14.0. The van der Waals surface area contributed by atoms with Gasteiger partial charge in [0, 0.05) is 0 Å². The first-order valence-electron chi connectivity index (χ1n) is 5.71. The van der Waals surface area contributed by atoms with Gasteiger partial charge in [0.05, 0.1) is 17.3 Å². The Hall–Kier alpha value is -0.540. The van der Waals surface area contributed by atoms with Crippen LogP contribution in [0.1, 0.15) is 33.3 Å². The lowest BCUT2D eigenvalue weighted by atomic mass is 9.87. The van der Waals surface area contributed by atoms with Crippen molar-refractivity contribution in [1.82, 2.24) is 0 Å². The van der Waals surface area contributed by atoms with Crippen molar-refractivity contribution in [1.29, 1.82) is 0 Å². The summed E-state index contributed by atoms with van der Waals surface area (Å²) >= 11 is 6.09. The normalized spacial score (nSPS) is 15.2. The Morgan fingerprint density at radius 2 is 2.06 bits per heavy atom. The third kappa shape index (κ3) is 4.29. The zero-order valence-electron chi connectivity index (χ0n) is 11.0. The second kappa shape index (κ2) is 5.62. The molecule has 0 radical (unpaired) electrons. The van der Waals surface area contributed by atoms with E-state index in [-0.39, 0.29) is 12.0 Å². The highest BCUT2D eigenvalue weighted by Crippen LogP contribution is 2.44. The minimum atomic E-state index is -3.83. The van der Waals surface area contributed by atoms with Crippen LogP contribution < -0.4 is 5.09 Å². The molecule has 4 nitrogen and oxygen atoms in total. The fourth-order valence-electron chi connectivity index (χ4n) is 1.43.